The fourth-order valence-electron chi connectivity index (χ4n) is 6.97. The zero-order chi connectivity index (χ0) is 46.7. The second kappa shape index (κ2) is 17.2. The molecule has 1 nitrogen and oxygen atoms in total. The normalized spacial score (nSPS) is 11.6. The van der Waals surface area contributed by atoms with Crippen LogP contribution < -0.4 is 26.4 Å². The van der Waals surface area contributed by atoms with Crippen LogP contribution in [-0.2, 0) is 6.54 Å². The first-order chi connectivity index (χ1) is 29.5. The van der Waals surface area contributed by atoms with Gasteiger partial charge in [-0.2, -0.15) is 0 Å². The van der Waals surface area contributed by atoms with Crippen molar-refractivity contribution in [2.24, 2.45) is 0 Å². The smallest absolute Gasteiger partial charge is 0.200 e. The number of aromatic nitrogens is 1. The van der Waals surface area contributed by atoms with E-state index < -0.39 is 144 Å². The molecule has 328 valence electrons. The van der Waals surface area contributed by atoms with Gasteiger partial charge < -0.3 is 0 Å². The molecule has 0 saturated heterocycles. The third-order valence-corrected chi connectivity index (χ3v) is 10.2. The van der Waals surface area contributed by atoms with Gasteiger partial charge in [0.25, 0.3) is 0 Å². The number of hydrogen-bond donors (Lipinski definition) is 0. The van der Waals surface area contributed by atoms with Gasteiger partial charge in [-0.05, 0) is 23.6 Å². The molecule has 23 heteroatoms. The molecule has 0 saturated carbocycles. The van der Waals surface area contributed by atoms with Crippen molar-refractivity contribution < 1.29 is 92.4 Å². The fraction of sp³-hybridized carbons (Fsp3) is 0.0250. The van der Waals surface area contributed by atoms with Crippen molar-refractivity contribution in [3.63, 3.8) is 0 Å². The highest BCUT2D eigenvalue weighted by atomic mass is 79.9. The summed E-state index contributed by atoms with van der Waals surface area (Å²) >= 11 is 3.50. The zero-order valence-corrected chi connectivity index (χ0v) is 31.6. The van der Waals surface area contributed by atoms with E-state index in [1.807, 2.05) is 6.07 Å². The van der Waals surface area contributed by atoms with Crippen LogP contribution in [0, 0.1) is 116 Å². The lowest BCUT2D eigenvalue weighted by Crippen LogP contribution is -2.81. The molecule has 0 spiro atoms. The summed E-state index contributed by atoms with van der Waals surface area (Å²) in [5.74, 6) is -71.4. The maximum Gasteiger partial charge on any atom is 0.200 e. The average Bonchev–Trinajstić information content (AvgIpc) is 3.26. The Morgan fingerprint density at radius 2 is 0.651 bits per heavy atom. The lowest BCUT2D eigenvalue weighted by Gasteiger charge is -2.44. The molecule has 0 N–H and O–H groups in total. The van der Waals surface area contributed by atoms with E-state index in [0.717, 1.165) is 11.0 Å². The second-order valence-electron chi connectivity index (χ2n) is 13.2. The van der Waals surface area contributed by atoms with Gasteiger partial charge in [-0.25, -0.2) is 92.4 Å². The molecule has 1 aromatic heterocycles. The monoisotopic (exact) mass is 977 g/mol. The summed E-state index contributed by atoms with van der Waals surface area (Å²) in [6, 6.07) is 19.0. The first kappa shape index (κ1) is 46.4. The Labute approximate surface area is 346 Å². The van der Waals surface area contributed by atoms with Gasteiger partial charge >= 0.3 is 0 Å². The van der Waals surface area contributed by atoms with Crippen LogP contribution in [0.1, 0.15) is 5.56 Å². The van der Waals surface area contributed by atoms with Crippen LogP contribution in [0.2, 0.25) is 0 Å². The molecular formula is C40H13BBrF20N. The molecule has 0 fully saturated rings. The van der Waals surface area contributed by atoms with Crippen molar-refractivity contribution in [3.05, 3.63) is 193 Å². The quantitative estimate of drug-likeness (QED) is 0.0514. The van der Waals surface area contributed by atoms with Crippen molar-refractivity contribution in [3.8, 4) is 0 Å². The van der Waals surface area contributed by atoms with Crippen molar-refractivity contribution in [2.75, 3.05) is 0 Å². The van der Waals surface area contributed by atoms with Crippen LogP contribution in [0.15, 0.2) is 71.5 Å². The molecule has 0 atom stereocenters. The first-order valence-electron chi connectivity index (χ1n) is 16.9. The Kier molecular flexibility index (Phi) is 12.7. The van der Waals surface area contributed by atoms with Crippen molar-refractivity contribution in [1.82, 2.24) is 0 Å². The molecule has 0 aliphatic carbocycles. The molecule has 0 radical (unpaired) electrons. The topological polar surface area (TPSA) is 3.88 Å². The van der Waals surface area contributed by atoms with Crippen LogP contribution in [0.5, 0.6) is 0 Å². The molecule has 1 heterocycles. The lowest BCUT2D eigenvalue weighted by atomic mass is 9.12. The predicted octanol–water partition coefficient (Wildman–Crippen LogP) is 9.78. The molecular weight excluding hydrogens is 965 g/mol. The van der Waals surface area contributed by atoms with Crippen LogP contribution >= 0.6 is 15.9 Å². The van der Waals surface area contributed by atoms with Crippen molar-refractivity contribution in [2.45, 2.75) is 6.54 Å². The highest BCUT2D eigenvalue weighted by Crippen LogP contribution is 2.31. The number of halogens is 21. The predicted molar refractivity (Wildman–Crippen MR) is 187 cm³/mol. The Balaban J connectivity index is 0.000000302. The minimum Gasteiger partial charge on any atom is -0.207 e. The molecule has 7 aromatic rings. The second-order valence-corrected chi connectivity index (χ2v) is 14.1. The van der Waals surface area contributed by atoms with Crippen LogP contribution in [-0.4, -0.2) is 6.15 Å². The number of fused-ring (bicyclic) bond motifs is 1. The molecule has 63 heavy (non-hydrogen) atoms. The molecule has 7 rings (SSSR count). The minimum absolute atomic E-state index is 0.910. The summed E-state index contributed by atoms with van der Waals surface area (Å²) in [4.78, 5) is 0. The number of rotatable bonds is 6. The standard InChI is InChI=1S/C24BF20.C16H13BrN/c26-5-1(6(27)14(35)21(42)13(5)34)25(2-7(28)15(36)22(43)16(37)8(2)29,3-9(30)17(38)23(44)18(39)10(3)31)4-11(32)19(40)24(45)20(41)12(4)33;17-16-7-6-15-12-18(9-8-14(15)10-16)11-13-4-2-1-3-5-13/h;1-10,12H,11H2/q-1;+1. The van der Waals surface area contributed by atoms with E-state index in [1.54, 1.807) is 0 Å². The third-order valence-electron chi connectivity index (χ3n) is 9.71. The van der Waals surface area contributed by atoms with Gasteiger partial charge in [-0.15, -0.1) is 21.9 Å². The molecule has 0 amide bonds. The Morgan fingerprint density at radius 1 is 0.349 bits per heavy atom. The number of benzene rings is 6. The zero-order valence-electron chi connectivity index (χ0n) is 30.0. The summed E-state index contributed by atoms with van der Waals surface area (Å²) in [7, 11) is 0. The summed E-state index contributed by atoms with van der Waals surface area (Å²) in [6.07, 6.45) is -2.90. The lowest BCUT2D eigenvalue weighted by molar-refractivity contribution is -0.687. The van der Waals surface area contributed by atoms with E-state index >= 15 is 35.1 Å². The van der Waals surface area contributed by atoms with E-state index in [2.05, 4.69) is 81.4 Å². The maximum absolute atomic E-state index is 15.4. The van der Waals surface area contributed by atoms with Crippen molar-refractivity contribution >= 4 is 54.7 Å². The van der Waals surface area contributed by atoms with Crippen LogP contribution in [0.25, 0.3) is 10.8 Å². The van der Waals surface area contributed by atoms with Gasteiger partial charge in [0.2, 0.25) is 0 Å². The van der Waals surface area contributed by atoms with Gasteiger partial charge in [0.05, 0.1) is 0 Å². The first-order valence-corrected chi connectivity index (χ1v) is 17.7. The average molecular weight is 978 g/mol. The molecule has 0 bridgehead atoms. The Hall–Kier alpha value is -6.13. The highest BCUT2D eigenvalue weighted by Gasteiger charge is 2.52. The maximum atomic E-state index is 15.4. The van der Waals surface area contributed by atoms with E-state index in [-0.39, 0.29) is 0 Å². The minimum atomic E-state index is -7.22. The third kappa shape index (κ3) is 7.42. The number of pyridine rings is 1. The Morgan fingerprint density at radius 3 is 0.968 bits per heavy atom. The van der Waals surface area contributed by atoms with E-state index in [0.29, 0.717) is 0 Å². The van der Waals surface area contributed by atoms with Crippen molar-refractivity contribution in [1.29, 1.82) is 0 Å². The molecule has 6 aromatic carbocycles. The Bertz CT molecular complexity index is 2620. The SMILES string of the molecule is Brc1ccc2c[n+](Cc3ccccc3)ccc2c1.Fc1c(F)c(F)c([B-](c2c(F)c(F)c(F)c(F)c2F)(c2c(F)c(F)c(F)c(F)c2F)c2c(F)c(F)c(F)c(F)c2F)c(F)c1F. The van der Waals surface area contributed by atoms with Gasteiger partial charge in [0.15, 0.2) is 88.7 Å². The fourth-order valence-corrected chi connectivity index (χ4v) is 7.35. The largest absolute Gasteiger partial charge is 0.207 e. The summed E-state index contributed by atoms with van der Waals surface area (Å²) in [6.45, 7) is 0.910. The summed E-state index contributed by atoms with van der Waals surface area (Å²) < 4.78 is 297. The number of nitrogens with zero attached hydrogens (tertiary/aromatic N) is 1. The van der Waals surface area contributed by atoms with Crippen LogP contribution in [0.3, 0.4) is 0 Å². The highest BCUT2D eigenvalue weighted by molar-refractivity contribution is 9.10. The van der Waals surface area contributed by atoms with Gasteiger partial charge in [0.1, 0.15) is 52.7 Å². The van der Waals surface area contributed by atoms with Gasteiger partial charge in [-0.3, -0.25) is 0 Å². The summed E-state index contributed by atoms with van der Waals surface area (Å²) in [5.41, 5.74) is -13.0. The molecule has 0 aliphatic heterocycles. The van der Waals surface area contributed by atoms with Gasteiger partial charge in [-0.1, -0.05) is 46.3 Å². The number of hydrogen-bond acceptors (Lipinski definition) is 0. The molecule has 0 unspecified atom stereocenters. The van der Waals surface area contributed by atoms with E-state index in [4.69, 9.17) is 0 Å². The van der Waals surface area contributed by atoms with Crippen LogP contribution in [0.4, 0.5) is 87.8 Å². The summed E-state index contributed by atoms with van der Waals surface area (Å²) in [5, 5.41) is 2.52. The van der Waals surface area contributed by atoms with E-state index in [9.17, 15) is 52.7 Å². The van der Waals surface area contributed by atoms with E-state index in [1.165, 1.54) is 16.3 Å². The molecule has 0 aliphatic rings. The van der Waals surface area contributed by atoms with Gasteiger partial charge in [0, 0.05) is 21.5 Å².